The van der Waals surface area contributed by atoms with Crippen molar-refractivity contribution in [2.45, 2.75) is 19.4 Å². The number of rotatable bonds is 5. The predicted molar refractivity (Wildman–Crippen MR) is 127 cm³/mol. The van der Waals surface area contributed by atoms with Gasteiger partial charge in [-0.25, -0.2) is 9.67 Å². The van der Waals surface area contributed by atoms with Gasteiger partial charge in [0.15, 0.2) is 10.6 Å². The van der Waals surface area contributed by atoms with Crippen LogP contribution in [0.1, 0.15) is 12.8 Å². The topological polar surface area (TPSA) is 80.1 Å². The summed E-state index contributed by atoms with van der Waals surface area (Å²) < 4.78 is 1.97. The summed E-state index contributed by atoms with van der Waals surface area (Å²) in [7, 11) is 0. The van der Waals surface area contributed by atoms with Crippen LogP contribution in [0.4, 0.5) is 10.8 Å². The summed E-state index contributed by atoms with van der Waals surface area (Å²) in [6.07, 6.45) is 2.25. The fraction of sp³-hybridized carbons (Fsp3) is 0.238. The van der Waals surface area contributed by atoms with Crippen molar-refractivity contribution in [1.29, 1.82) is 0 Å². The van der Waals surface area contributed by atoms with Crippen molar-refractivity contribution >= 4 is 61.2 Å². The Bertz CT molecular complexity index is 1290. The Labute approximate surface area is 190 Å². The molecule has 0 saturated carbocycles. The van der Waals surface area contributed by atoms with E-state index < -0.39 is 0 Å². The first kappa shape index (κ1) is 20.2. The van der Waals surface area contributed by atoms with Crippen molar-refractivity contribution in [3.63, 3.8) is 0 Å². The summed E-state index contributed by atoms with van der Waals surface area (Å²) in [6.45, 7) is 1.69. The van der Waals surface area contributed by atoms with E-state index in [0.29, 0.717) is 21.9 Å². The van der Waals surface area contributed by atoms with E-state index in [-0.39, 0.29) is 18.0 Å². The molecule has 4 heterocycles. The lowest BCUT2D eigenvalue weighted by molar-refractivity contribution is -0.117. The molecule has 1 N–H and O–H groups in total. The first-order valence-electron chi connectivity index (χ1n) is 9.84. The van der Waals surface area contributed by atoms with Gasteiger partial charge in [0.05, 0.1) is 9.58 Å². The van der Waals surface area contributed by atoms with Crippen LogP contribution in [0.25, 0.3) is 20.8 Å². The molecular weight excluding hydrogens is 454 g/mol. The second-order valence-electron chi connectivity index (χ2n) is 7.21. The second kappa shape index (κ2) is 8.41. The highest BCUT2D eigenvalue weighted by atomic mass is 35.5. The monoisotopic (exact) mass is 471 g/mol. The quantitative estimate of drug-likeness (QED) is 0.464. The lowest BCUT2D eigenvalue weighted by Gasteiger charge is -2.11. The van der Waals surface area contributed by atoms with Gasteiger partial charge in [0.25, 0.3) is 5.56 Å². The summed E-state index contributed by atoms with van der Waals surface area (Å²) in [5, 5.41) is 10.7. The summed E-state index contributed by atoms with van der Waals surface area (Å²) in [4.78, 5) is 33.5. The molecule has 7 nitrogen and oxygen atoms in total. The van der Waals surface area contributed by atoms with Crippen LogP contribution in [0, 0.1) is 0 Å². The van der Waals surface area contributed by atoms with E-state index in [1.54, 1.807) is 35.6 Å². The van der Waals surface area contributed by atoms with Crippen molar-refractivity contribution in [1.82, 2.24) is 14.8 Å². The van der Waals surface area contributed by atoms with Crippen molar-refractivity contribution in [3.8, 4) is 10.6 Å². The Morgan fingerprint density at radius 2 is 1.94 bits per heavy atom. The van der Waals surface area contributed by atoms with Gasteiger partial charge >= 0.3 is 0 Å². The molecular formula is C21H18ClN5O2S2. The molecule has 0 aliphatic carbocycles. The minimum Gasteiger partial charge on any atom is -0.348 e. The molecule has 4 aromatic rings. The summed E-state index contributed by atoms with van der Waals surface area (Å²) in [5.41, 5.74) is 1.30. The third-order valence-electron chi connectivity index (χ3n) is 5.04. The number of hydrogen-bond donors (Lipinski definition) is 1. The highest BCUT2D eigenvalue weighted by Crippen LogP contribution is 2.36. The smallest absolute Gasteiger partial charge is 0.294 e. The molecule has 10 heteroatoms. The highest BCUT2D eigenvalue weighted by molar-refractivity contribution is 7.23. The number of thiazole rings is 1. The summed E-state index contributed by atoms with van der Waals surface area (Å²) in [6, 6.07) is 10.7. The number of carbonyl (C=O) groups is 1. The normalized spacial score (nSPS) is 13.8. The Balaban J connectivity index is 1.53. The minimum atomic E-state index is -0.358. The average Bonchev–Trinajstić information content (AvgIpc) is 3.53. The fourth-order valence-corrected chi connectivity index (χ4v) is 5.56. The van der Waals surface area contributed by atoms with E-state index in [1.165, 1.54) is 16.0 Å². The molecule has 158 valence electrons. The number of benzene rings is 1. The lowest BCUT2D eigenvalue weighted by Crippen LogP contribution is -2.30. The summed E-state index contributed by atoms with van der Waals surface area (Å²) >= 11 is 8.93. The van der Waals surface area contributed by atoms with Gasteiger partial charge in [-0.15, -0.1) is 11.3 Å². The van der Waals surface area contributed by atoms with Crippen molar-refractivity contribution < 1.29 is 4.79 Å². The zero-order chi connectivity index (χ0) is 21.4. The first-order chi connectivity index (χ1) is 15.1. The minimum absolute atomic E-state index is 0.202. The lowest BCUT2D eigenvalue weighted by atomic mass is 10.3. The number of fused-ring (bicyclic) bond motifs is 1. The number of carbonyl (C=O) groups excluding carboxylic acids is 1. The average molecular weight is 472 g/mol. The van der Waals surface area contributed by atoms with Crippen molar-refractivity contribution in [2.75, 3.05) is 23.3 Å². The molecule has 31 heavy (non-hydrogen) atoms. The zero-order valence-electron chi connectivity index (χ0n) is 16.4. The van der Waals surface area contributed by atoms with Crippen LogP contribution in [-0.2, 0) is 11.3 Å². The molecule has 1 aliphatic rings. The highest BCUT2D eigenvalue weighted by Gasteiger charge is 2.23. The molecule has 1 aromatic carbocycles. The number of nitrogens with one attached hydrogen (secondary N) is 1. The van der Waals surface area contributed by atoms with Crippen LogP contribution in [0.15, 0.2) is 46.6 Å². The van der Waals surface area contributed by atoms with Crippen LogP contribution >= 0.6 is 34.3 Å². The van der Waals surface area contributed by atoms with Gasteiger partial charge in [0, 0.05) is 23.8 Å². The van der Waals surface area contributed by atoms with Gasteiger partial charge in [0.2, 0.25) is 5.91 Å². The van der Waals surface area contributed by atoms with E-state index in [4.69, 9.17) is 11.6 Å². The van der Waals surface area contributed by atoms with Crippen LogP contribution in [0.5, 0.6) is 0 Å². The Hall–Kier alpha value is -2.75. The molecule has 0 bridgehead atoms. The van der Waals surface area contributed by atoms with Gasteiger partial charge in [-0.1, -0.05) is 29.0 Å². The van der Waals surface area contributed by atoms with E-state index in [2.05, 4.69) is 20.3 Å². The number of halogens is 1. The van der Waals surface area contributed by atoms with Crippen molar-refractivity contribution in [2.24, 2.45) is 0 Å². The Morgan fingerprint density at radius 3 is 2.65 bits per heavy atom. The Kier molecular flexibility index (Phi) is 5.47. The number of aromatic nitrogens is 3. The van der Waals surface area contributed by atoms with E-state index in [9.17, 15) is 9.59 Å². The van der Waals surface area contributed by atoms with Crippen LogP contribution in [0.2, 0.25) is 5.02 Å². The number of nitrogens with zero attached hydrogens (tertiary/aromatic N) is 4. The predicted octanol–water partition coefficient (Wildman–Crippen LogP) is 4.47. The van der Waals surface area contributed by atoms with E-state index in [1.807, 2.05) is 17.5 Å². The molecule has 1 fully saturated rings. The molecule has 3 aromatic heterocycles. The standard InChI is InChI=1S/C21H18ClN5O2S2/c22-13-5-7-14(8-6-13)23-16(28)12-27-20(29)18-19(17(25-27)15-4-3-11-30-15)31-21(24-18)26-9-1-2-10-26/h3-8,11H,1-2,9-10,12H2,(H,23,28). The van der Waals surface area contributed by atoms with E-state index >= 15 is 0 Å². The van der Waals surface area contributed by atoms with E-state index in [0.717, 1.165) is 40.6 Å². The number of amides is 1. The largest absolute Gasteiger partial charge is 0.348 e. The maximum absolute atomic E-state index is 13.1. The molecule has 0 radical (unpaired) electrons. The van der Waals surface area contributed by atoms with Gasteiger partial charge in [-0.3, -0.25) is 9.59 Å². The van der Waals surface area contributed by atoms with Gasteiger partial charge < -0.3 is 10.2 Å². The second-order valence-corrected chi connectivity index (χ2v) is 9.57. The zero-order valence-corrected chi connectivity index (χ0v) is 18.8. The molecule has 0 unspecified atom stereocenters. The molecule has 1 saturated heterocycles. The molecule has 5 rings (SSSR count). The molecule has 1 aliphatic heterocycles. The number of hydrogen-bond acceptors (Lipinski definition) is 7. The van der Waals surface area contributed by atoms with Crippen LogP contribution in [0.3, 0.4) is 0 Å². The van der Waals surface area contributed by atoms with Crippen LogP contribution < -0.4 is 15.8 Å². The molecule has 0 atom stereocenters. The molecule has 0 spiro atoms. The van der Waals surface area contributed by atoms with Gasteiger partial charge in [-0.2, -0.15) is 5.10 Å². The SMILES string of the molecule is O=C(Cn1nc(-c2cccs2)c2sc(N3CCCC3)nc2c1=O)Nc1ccc(Cl)cc1. The third-order valence-corrected chi connectivity index (χ3v) is 7.29. The summed E-state index contributed by atoms with van der Waals surface area (Å²) in [5.74, 6) is -0.344. The number of thiophene rings is 1. The van der Waals surface area contributed by atoms with Crippen LogP contribution in [-0.4, -0.2) is 33.8 Å². The van der Waals surface area contributed by atoms with Crippen molar-refractivity contribution in [3.05, 3.63) is 57.2 Å². The fourth-order valence-electron chi connectivity index (χ4n) is 3.54. The number of anilines is 2. The van der Waals surface area contributed by atoms with Gasteiger partial charge in [-0.05, 0) is 48.6 Å². The Morgan fingerprint density at radius 1 is 1.16 bits per heavy atom. The first-order valence-corrected chi connectivity index (χ1v) is 11.9. The third kappa shape index (κ3) is 4.08. The maximum atomic E-state index is 13.1. The maximum Gasteiger partial charge on any atom is 0.294 e. The molecule has 1 amide bonds. The van der Waals surface area contributed by atoms with Gasteiger partial charge in [0.1, 0.15) is 12.2 Å².